The van der Waals surface area contributed by atoms with Crippen LogP contribution in [-0.4, -0.2) is 25.0 Å². The van der Waals surface area contributed by atoms with Crippen LogP contribution in [0.5, 0.6) is 0 Å². The van der Waals surface area contributed by atoms with Crippen LogP contribution in [0.25, 0.3) is 0 Å². The second-order valence-electron chi connectivity index (χ2n) is 5.15. The predicted molar refractivity (Wildman–Crippen MR) is 75.4 cm³/mol. The second-order valence-corrected chi connectivity index (χ2v) is 6.07. The summed E-state index contributed by atoms with van der Waals surface area (Å²) in [5.41, 5.74) is 1.25. The molecule has 98 valence electrons. The van der Waals surface area contributed by atoms with E-state index in [1.54, 1.807) is 0 Å². The monoisotopic (exact) mass is 311 g/mol. The van der Waals surface area contributed by atoms with Gasteiger partial charge in [0.05, 0.1) is 7.05 Å². The highest BCUT2D eigenvalue weighted by Gasteiger charge is 2.29. The lowest BCUT2D eigenvalue weighted by atomic mass is 10.2. The Kier molecular flexibility index (Phi) is 4.40. The molecule has 1 aromatic carbocycles. The first-order valence-corrected chi connectivity index (χ1v) is 7.22. The molecule has 2 rings (SSSR count). The second kappa shape index (κ2) is 5.85. The van der Waals surface area contributed by atoms with Crippen LogP contribution in [0.1, 0.15) is 25.3 Å². The van der Waals surface area contributed by atoms with E-state index in [1.165, 1.54) is 10.5 Å². The van der Waals surface area contributed by atoms with E-state index in [9.17, 15) is 4.79 Å². The van der Waals surface area contributed by atoms with Crippen LogP contribution < -0.4 is 10.2 Å². The molecule has 4 heteroatoms. The number of carbonyl (C=O) groups excluding carboxylic acids is 1. The van der Waals surface area contributed by atoms with E-state index in [2.05, 4.69) is 40.4 Å². The number of nitrogens with one attached hydrogen (secondary N) is 2. The summed E-state index contributed by atoms with van der Waals surface area (Å²) in [5.74, 6) is 0.173. The van der Waals surface area contributed by atoms with Crippen LogP contribution in [0.4, 0.5) is 0 Å². The maximum atomic E-state index is 11.9. The fraction of sp³-hybridized carbons (Fsp3) is 0.500. The molecule has 3 nitrogen and oxygen atoms in total. The normalized spacial score (nSPS) is 18.2. The molecule has 1 unspecified atom stereocenters. The van der Waals surface area contributed by atoms with Crippen LogP contribution in [0.3, 0.4) is 0 Å². The largest absolute Gasteiger partial charge is 0.348 e. The Bertz CT molecular complexity index is 414. The van der Waals surface area contributed by atoms with Gasteiger partial charge in [0, 0.05) is 16.1 Å². The molecule has 0 saturated heterocycles. The van der Waals surface area contributed by atoms with Crippen molar-refractivity contribution in [1.82, 2.24) is 5.32 Å². The van der Waals surface area contributed by atoms with Crippen LogP contribution in [-0.2, 0) is 11.3 Å². The lowest BCUT2D eigenvalue weighted by Gasteiger charge is -2.21. The van der Waals surface area contributed by atoms with Gasteiger partial charge in [-0.3, -0.25) is 4.79 Å². The van der Waals surface area contributed by atoms with Crippen LogP contribution in [0, 0.1) is 0 Å². The van der Waals surface area contributed by atoms with Crippen molar-refractivity contribution in [3.63, 3.8) is 0 Å². The topological polar surface area (TPSA) is 33.5 Å². The molecule has 18 heavy (non-hydrogen) atoms. The number of hydrogen-bond acceptors (Lipinski definition) is 1. The Labute approximate surface area is 117 Å². The molecule has 0 aromatic heterocycles. The third-order valence-corrected chi connectivity index (χ3v) is 3.98. The molecule has 1 amide bonds. The van der Waals surface area contributed by atoms with Gasteiger partial charge < -0.3 is 10.2 Å². The van der Waals surface area contributed by atoms with Crippen LogP contribution in [0.15, 0.2) is 28.7 Å². The molecular formula is C14H20BrN2O+. The Morgan fingerprint density at radius 2 is 2.06 bits per heavy atom. The molecule has 0 heterocycles. The van der Waals surface area contributed by atoms with Crippen molar-refractivity contribution in [3.05, 3.63) is 34.3 Å². The summed E-state index contributed by atoms with van der Waals surface area (Å²) in [6.45, 7) is 2.86. The number of rotatable bonds is 5. The molecule has 0 spiro atoms. The zero-order valence-electron chi connectivity index (χ0n) is 10.9. The molecule has 1 aliphatic carbocycles. The van der Waals surface area contributed by atoms with E-state index in [0.29, 0.717) is 6.04 Å². The van der Waals surface area contributed by atoms with Crippen molar-refractivity contribution in [2.45, 2.75) is 38.4 Å². The van der Waals surface area contributed by atoms with E-state index < -0.39 is 0 Å². The minimum atomic E-state index is -0.00533. The van der Waals surface area contributed by atoms with Crippen molar-refractivity contribution in [2.75, 3.05) is 7.05 Å². The molecule has 0 aliphatic heterocycles. The number of carbonyl (C=O) groups is 1. The predicted octanol–water partition coefficient (Wildman–Crippen LogP) is 1.13. The molecule has 1 aromatic rings. The average Bonchev–Trinajstić information content (AvgIpc) is 3.15. The third-order valence-electron chi connectivity index (χ3n) is 3.45. The van der Waals surface area contributed by atoms with Gasteiger partial charge in [-0.2, -0.15) is 0 Å². The molecule has 2 atom stereocenters. The molecule has 1 fully saturated rings. The Morgan fingerprint density at radius 1 is 1.44 bits per heavy atom. The lowest BCUT2D eigenvalue weighted by molar-refractivity contribution is -0.908. The minimum absolute atomic E-state index is 0.00533. The average molecular weight is 312 g/mol. The number of likely N-dealkylation sites (N-methyl/N-ethyl adjacent to an activating group) is 1. The standard InChI is InChI=1S/C14H19BrN2O/c1-10(14(18)16-13-7-8-13)17(2)9-11-3-5-12(15)6-4-11/h3-6,10,13H,7-9H2,1-2H3,(H,16,18)/p+1/t10-/m0/s1. The molecular weight excluding hydrogens is 292 g/mol. The smallest absolute Gasteiger partial charge is 0.278 e. The van der Waals surface area contributed by atoms with Gasteiger partial charge in [-0.15, -0.1) is 0 Å². The lowest BCUT2D eigenvalue weighted by Crippen LogP contribution is -3.12. The first-order valence-electron chi connectivity index (χ1n) is 6.43. The highest BCUT2D eigenvalue weighted by atomic mass is 79.9. The van der Waals surface area contributed by atoms with E-state index in [-0.39, 0.29) is 11.9 Å². The summed E-state index contributed by atoms with van der Waals surface area (Å²) in [7, 11) is 2.07. The zero-order chi connectivity index (χ0) is 13.1. The van der Waals surface area contributed by atoms with E-state index in [4.69, 9.17) is 0 Å². The summed E-state index contributed by atoms with van der Waals surface area (Å²) >= 11 is 3.43. The molecule has 1 saturated carbocycles. The van der Waals surface area contributed by atoms with Gasteiger partial charge in [0.15, 0.2) is 6.04 Å². The highest BCUT2D eigenvalue weighted by molar-refractivity contribution is 9.10. The highest BCUT2D eigenvalue weighted by Crippen LogP contribution is 2.18. The van der Waals surface area contributed by atoms with Gasteiger partial charge in [-0.25, -0.2) is 0 Å². The number of quaternary nitrogens is 1. The molecule has 0 bridgehead atoms. The van der Waals surface area contributed by atoms with Gasteiger partial charge in [0.2, 0.25) is 0 Å². The molecule has 2 N–H and O–H groups in total. The Hall–Kier alpha value is -0.870. The first-order chi connectivity index (χ1) is 8.56. The van der Waals surface area contributed by atoms with Gasteiger partial charge >= 0.3 is 0 Å². The van der Waals surface area contributed by atoms with Crippen molar-refractivity contribution in [2.24, 2.45) is 0 Å². The van der Waals surface area contributed by atoms with Gasteiger partial charge in [0.25, 0.3) is 5.91 Å². The number of hydrogen-bond donors (Lipinski definition) is 2. The van der Waals surface area contributed by atoms with E-state index in [1.807, 2.05) is 19.1 Å². The number of benzene rings is 1. The summed E-state index contributed by atoms with van der Waals surface area (Å²) in [4.78, 5) is 13.2. The van der Waals surface area contributed by atoms with E-state index in [0.717, 1.165) is 23.9 Å². The van der Waals surface area contributed by atoms with Crippen molar-refractivity contribution < 1.29 is 9.69 Å². The van der Waals surface area contributed by atoms with Crippen molar-refractivity contribution in [3.8, 4) is 0 Å². The Morgan fingerprint density at radius 3 is 2.61 bits per heavy atom. The van der Waals surface area contributed by atoms with Crippen LogP contribution >= 0.6 is 15.9 Å². The summed E-state index contributed by atoms with van der Waals surface area (Å²) in [6, 6.07) is 8.71. The summed E-state index contributed by atoms with van der Waals surface area (Å²) in [5, 5.41) is 3.06. The molecule has 0 radical (unpaired) electrons. The van der Waals surface area contributed by atoms with Gasteiger partial charge in [-0.1, -0.05) is 28.1 Å². The van der Waals surface area contributed by atoms with Crippen LogP contribution in [0.2, 0.25) is 0 Å². The fourth-order valence-corrected chi connectivity index (χ4v) is 2.12. The fourth-order valence-electron chi connectivity index (χ4n) is 1.85. The Balaban J connectivity index is 1.87. The summed E-state index contributed by atoms with van der Waals surface area (Å²) < 4.78 is 1.09. The third kappa shape index (κ3) is 3.82. The molecule has 1 aliphatic rings. The summed E-state index contributed by atoms with van der Waals surface area (Å²) in [6.07, 6.45) is 2.29. The first kappa shape index (κ1) is 13.6. The maximum absolute atomic E-state index is 11.9. The van der Waals surface area contributed by atoms with Crippen molar-refractivity contribution in [1.29, 1.82) is 0 Å². The zero-order valence-corrected chi connectivity index (χ0v) is 12.5. The number of amides is 1. The van der Waals surface area contributed by atoms with E-state index >= 15 is 0 Å². The quantitative estimate of drug-likeness (QED) is 0.840. The SMILES string of the molecule is C[C@@H](C(=O)NC1CC1)[NH+](C)Cc1ccc(Br)cc1. The van der Waals surface area contributed by atoms with Gasteiger partial charge in [-0.05, 0) is 31.9 Å². The maximum Gasteiger partial charge on any atom is 0.278 e. The minimum Gasteiger partial charge on any atom is -0.348 e. The number of halogens is 1. The van der Waals surface area contributed by atoms with Crippen molar-refractivity contribution >= 4 is 21.8 Å². The van der Waals surface area contributed by atoms with Gasteiger partial charge in [0.1, 0.15) is 6.54 Å².